The number of rotatable bonds is 3. The minimum absolute atomic E-state index is 0.00154. The Hall–Kier alpha value is -3.99. The molecule has 2 aromatic heterocycles. The van der Waals surface area contributed by atoms with E-state index in [0.717, 1.165) is 44.2 Å². The number of nitrogens with one attached hydrogen (secondary N) is 1. The third kappa shape index (κ3) is 3.14. The number of anilines is 1. The lowest BCUT2D eigenvalue weighted by Crippen LogP contribution is -2.14. The zero-order valence-electron chi connectivity index (χ0n) is 17.3. The highest BCUT2D eigenvalue weighted by molar-refractivity contribution is 6.06. The van der Waals surface area contributed by atoms with E-state index in [4.69, 9.17) is 0 Å². The topological polar surface area (TPSA) is 46.9 Å². The van der Waals surface area contributed by atoms with Crippen LogP contribution in [0.3, 0.4) is 0 Å². The molecule has 5 heteroatoms. The molecular weight excluding hydrogens is 401 g/mol. The third-order valence-corrected chi connectivity index (χ3v) is 6.25. The summed E-state index contributed by atoms with van der Waals surface area (Å²) in [5, 5.41) is 5.19. The van der Waals surface area contributed by atoms with E-state index in [1.807, 2.05) is 36.4 Å². The molecule has 32 heavy (non-hydrogen) atoms. The second-order valence-corrected chi connectivity index (χ2v) is 8.30. The van der Waals surface area contributed by atoms with Crippen molar-refractivity contribution in [1.29, 1.82) is 0 Å². The molecule has 0 radical (unpaired) electrons. The maximum atomic E-state index is 13.8. The molecule has 0 fully saturated rings. The van der Waals surface area contributed by atoms with Crippen LogP contribution in [0, 0.1) is 5.82 Å². The summed E-state index contributed by atoms with van der Waals surface area (Å²) in [4.78, 5) is 17.2. The van der Waals surface area contributed by atoms with Crippen LogP contribution in [0.25, 0.3) is 21.8 Å². The van der Waals surface area contributed by atoms with Crippen molar-refractivity contribution in [2.24, 2.45) is 0 Å². The van der Waals surface area contributed by atoms with Crippen molar-refractivity contribution in [3.05, 3.63) is 108 Å². The lowest BCUT2D eigenvalue weighted by molar-refractivity contribution is -0.116. The first-order valence-corrected chi connectivity index (χ1v) is 10.7. The number of hydrogen-bond acceptors (Lipinski definition) is 2. The first-order chi connectivity index (χ1) is 15.7. The number of nitrogens with zero attached hydrogens (tertiary/aromatic N) is 2. The zero-order chi connectivity index (χ0) is 21.7. The molecule has 6 rings (SSSR count). The summed E-state index contributed by atoms with van der Waals surface area (Å²) in [6, 6.07) is 22.8. The molecule has 0 saturated heterocycles. The van der Waals surface area contributed by atoms with Crippen LogP contribution < -0.4 is 5.32 Å². The maximum Gasteiger partial charge on any atom is 0.225 e. The van der Waals surface area contributed by atoms with Gasteiger partial charge in [-0.2, -0.15) is 0 Å². The molecule has 0 bridgehead atoms. The standard InChI is InChI=1S/C27H20FN3O/c28-20-6-1-4-17(12-20)15-31-16-22-21(18-9-10-23-19(13-18)5-3-11-29-23)14-26(32)30-24-7-2-8-25(31)27(22)24/h1-13,16,21H,14-15H2,(H,30,32)/t21-/m0/s1. The van der Waals surface area contributed by atoms with Gasteiger partial charge in [-0.25, -0.2) is 4.39 Å². The fraction of sp³-hybridized carbons (Fsp3) is 0.111. The molecule has 156 valence electrons. The van der Waals surface area contributed by atoms with Crippen molar-refractivity contribution in [3.8, 4) is 0 Å². The Kier molecular flexibility index (Phi) is 4.28. The largest absolute Gasteiger partial charge is 0.343 e. The second-order valence-electron chi connectivity index (χ2n) is 8.30. The van der Waals surface area contributed by atoms with Gasteiger partial charge in [0.05, 0.1) is 16.7 Å². The van der Waals surface area contributed by atoms with Crippen LogP contribution in [0.2, 0.25) is 0 Å². The normalized spacial score (nSPS) is 15.7. The SMILES string of the molecule is O=C1C[C@@H](c2ccc3ncccc3c2)c2cn(Cc3cccc(F)c3)c3cccc(c23)N1. The fourth-order valence-electron chi connectivity index (χ4n) is 4.82. The molecular formula is C27H20FN3O. The minimum Gasteiger partial charge on any atom is -0.343 e. The lowest BCUT2D eigenvalue weighted by Gasteiger charge is -2.15. The van der Waals surface area contributed by atoms with Gasteiger partial charge < -0.3 is 9.88 Å². The molecule has 0 spiro atoms. The average Bonchev–Trinajstić information content (AvgIpc) is 3.08. The first kappa shape index (κ1) is 18.8. The molecule has 0 aliphatic carbocycles. The summed E-state index contributed by atoms with van der Waals surface area (Å²) < 4.78 is 15.9. The van der Waals surface area contributed by atoms with Crippen LogP contribution in [0.5, 0.6) is 0 Å². The molecule has 0 unspecified atom stereocenters. The number of hydrogen-bond donors (Lipinski definition) is 1. The Balaban J connectivity index is 1.53. The predicted molar refractivity (Wildman–Crippen MR) is 124 cm³/mol. The maximum absolute atomic E-state index is 13.8. The molecule has 3 aromatic carbocycles. The molecule has 4 nitrogen and oxygen atoms in total. The Bertz CT molecular complexity index is 1500. The Morgan fingerprint density at radius 2 is 1.94 bits per heavy atom. The highest BCUT2D eigenvalue weighted by Gasteiger charge is 2.28. The van der Waals surface area contributed by atoms with E-state index < -0.39 is 0 Å². The van der Waals surface area contributed by atoms with Crippen LogP contribution in [-0.2, 0) is 11.3 Å². The van der Waals surface area contributed by atoms with E-state index in [2.05, 4.69) is 39.3 Å². The number of carbonyl (C=O) groups excluding carboxylic acids is 1. The van der Waals surface area contributed by atoms with Crippen LogP contribution in [0.4, 0.5) is 10.1 Å². The summed E-state index contributed by atoms with van der Waals surface area (Å²) in [5.41, 5.74) is 5.87. The van der Waals surface area contributed by atoms with Gasteiger partial charge in [0.15, 0.2) is 0 Å². The summed E-state index contributed by atoms with van der Waals surface area (Å²) in [6.07, 6.45) is 4.27. The molecule has 1 amide bonds. The fourth-order valence-corrected chi connectivity index (χ4v) is 4.82. The quantitative estimate of drug-likeness (QED) is 0.397. The van der Waals surface area contributed by atoms with E-state index in [0.29, 0.717) is 13.0 Å². The Morgan fingerprint density at radius 1 is 1.03 bits per heavy atom. The van der Waals surface area contributed by atoms with Gasteiger partial charge in [-0.3, -0.25) is 9.78 Å². The van der Waals surface area contributed by atoms with Crippen LogP contribution in [0.15, 0.2) is 85.2 Å². The molecule has 0 saturated carbocycles. The summed E-state index contributed by atoms with van der Waals surface area (Å²) in [7, 11) is 0. The highest BCUT2D eigenvalue weighted by Crippen LogP contribution is 2.41. The smallest absolute Gasteiger partial charge is 0.225 e. The van der Waals surface area contributed by atoms with Gasteiger partial charge in [0.1, 0.15) is 5.82 Å². The van der Waals surface area contributed by atoms with Crippen molar-refractivity contribution in [1.82, 2.24) is 9.55 Å². The number of benzene rings is 3. The number of fused-ring (bicyclic) bond motifs is 1. The molecule has 1 aliphatic heterocycles. The zero-order valence-corrected chi connectivity index (χ0v) is 17.3. The number of aromatic nitrogens is 2. The summed E-state index contributed by atoms with van der Waals surface area (Å²) >= 11 is 0. The number of pyridine rings is 1. The van der Waals surface area contributed by atoms with Crippen molar-refractivity contribution in [3.63, 3.8) is 0 Å². The predicted octanol–water partition coefficient (Wildman–Crippen LogP) is 5.85. The van der Waals surface area contributed by atoms with E-state index in [1.165, 1.54) is 6.07 Å². The van der Waals surface area contributed by atoms with Gasteiger partial charge in [-0.1, -0.05) is 30.3 Å². The van der Waals surface area contributed by atoms with Gasteiger partial charge in [-0.05, 0) is 59.2 Å². The Morgan fingerprint density at radius 3 is 2.84 bits per heavy atom. The van der Waals surface area contributed by atoms with Crippen LogP contribution >= 0.6 is 0 Å². The van der Waals surface area contributed by atoms with E-state index in [9.17, 15) is 9.18 Å². The van der Waals surface area contributed by atoms with Crippen molar-refractivity contribution >= 4 is 33.4 Å². The molecule has 1 atom stereocenters. The van der Waals surface area contributed by atoms with Gasteiger partial charge in [0.25, 0.3) is 0 Å². The minimum atomic E-state index is -0.240. The van der Waals surface area contributed by atoms with Gasteiger partial charge in [0.2, 0.25) is 5.91 Å². The summed E-state index contributed by atoms with van der Waals surface area (Å²) in [5.74, 6) is -0.322. The van der Waals surface area contributed by atoms with E-state index >= 15 is 0 Å². The number of carbonyl (C=O) groups is 1. The second kappa shape index (κ2) is 7.31. The van der Waals surface area contributed by atoms with Crippen molar-refractivity contribution in [2.45, 2.75) is 18.9 Å². The molecule has 1 aliphatic rings. The molecule has 5 aromatic rings. The monoisotopic (exact) mass is 421 g/mol. The lowest BCUT2D eigenvalue weighted by atomic mass is 9.88. The molecule has 1 N–H and O–H groups in total. The van der Waals surface area contributed by atoms with Gasteiger partial charge in [0, 0.05) is 42.0 Å². The molecule has 3 heterocycles. The van der Waals surface area contributed by atoms with E-state index in [1.54, 1.807) is 18.3 Å². The number of halogens is 1. The Labute approximate surface area is 184 Å². The van der Waals surface area contributed by atoms with Crippen molar-refractivity contribution in [2.75, 3.05) is 5.32 Å². The average molecular weight is 421 g/mol. The van der Waals surface area contributed by atoms with Crippen LogP contribution in [0.1, 0.15) is 29.0 Å². The van der Waals surface area contributed by atoms with Crippen LogP contribution in [-0.4, -0.2) is 15.5 Å². The van der Waals surface area contributed by atoms with E-state index in [-0.39, 0.29) is 17.6 Å². The van der Waals surface area contributed by atoms with Gasteiger partial charge >= 0.3 is 0 Å². The number of amides is 1. The third-order valence-electron chi connectivity index (χ3n) is 6.25. The highest BCUT2D eigenvalue weighted by atomic mass is 19.1. The first-order valence-electron chi connectivity index (χ1n) is 10.7. The van der Waals surface area contributed by atoms with Gasteiger partial charge in [-0.15, -0.1) is 0 Å². The summed E-state index contributed by atoms with van der Waals surface area (Å²) in [6.45, 7) is 0.556. The van der Waals surface area contributed by atoms with Crippen molar-refractivity contribution < 1.29 is 9.18 Å².